The van der Waals surface area contributed by atoms with E-state index in [0.717, 1.165) is 10.6 Å². The Labute approximate surface area is 155 Å². The first-order valence-electron chi connectivity index (χ1n) is 8.80. The molecular formula is C19H22FN3O4. The number of amides is 1. The SMILES string of the molecule is CCc1ccc(Nc2c3c(cc(=O)n2C)CCN(OCCO)C3=O)c(F)c1. The van der Waals surface area contributed by atoms with E-state index in [9.17, 15) is 14.0 Å². The van der Waals surface area contributed by atoms with Gasteiger partial charge in [-0.15, -0.1) is 0 Å². The lowest BCUT2D eigenvalue weighted by atomic mass is 10.0. The number of aliphatic hydroxyl groups excluding tert-OH is 1. The Hall–Kier alpha value is -2.71. The van der Waals surface area contributed by atoms with Gasteiger partial charge >= 0.3 is 0 Å². The molecule has 1 aromatic heterocycles. The maximum absolute atomic E-state index is 14.4. The molecule has 27 heavy (non-hydrogen) atoms. The molecule has 1 amide bonds. The van der Waals surface area contributed by atoms with Gasteiger partial charge in [0.05, 0.1) is 31.0 Å². The standard InChI is InChI=1S/C19H22FN3O4/c1-3-12-4-5-15(14(20)10-12)21-18-17-13(11-16(25)22(18)2)6-7-23(19(17)26)27-9-8-24/h4-5,10-11,21,24H,3,6-9H2,1-2H3. The molecule has 1 aromatic carbocycles. The largest absolute Gasteiger partial charge is 0.394 e. The summed E-state index contributed by atoms with van der Waals surface area (Å²) in [4.78, 5) is 30.4. The lowest BCUT2D eigenvalue weighted by Gasteiger charge is -2.29. The Kier molecular flexibility index (Phi) is 5.57. The van der Waals surface area contributed by atoms with Crippen molar-refractivity contribution >= 4 is 17.4 Å². The third-order valence-corrected chi connectivity index (χ3v) is 4.58. The number of aliphatic hydroxyl groups is 1. The molecule has 1 aliphatic heterocycles. The van der Waals surface area contributed by atoms with Gasteiger partial charge in [-0.25, -0.2) is 9.45 Å². The summed E-state index contributed by atoms with van der Waals surface area (Å²) in [7, 11) is 1.52. The number of hydrogen-bond acceptors (Lipinski definition) is 5. The summed E-state index contributed by atoms with van der Waals surface area (Å²) >= 11 is 0. The van der Waals surface area contributed by atoms with Crippen molar-refractivity contribution in [2.75, 3.05) is 25.1 Å². The molecule has 7 nitrogen and oxygen atoms in total. The van der Waals surface area contributed by atoms with Gasteiger partial charge in [-0.05, 0) is 36.1 Å². The number of carbonyl (C=O) groups excluding carboxylic acids is 1. The predicted molar refractivity (Wildman–Crippen MR) is 98.5 cm³/mol. The Morgan fingerprint density at radius 2 is 2.07 bits per heavy atom. The number of nitrogens with zero attached hydrogens (tertiary/aromatic N) is 2. The number of nitrogens with one attached hydrogen (secondary N) is 1. The number of pyridine rings is 1. The Balaban J connectivity index is 2.04. The van der Waals surface area contributed by atoms with Crippen LogP contribution < -0.4 is 10.9 Å². The molecule has 2 aromatic rings. The molecule has 0 saturated heterocycles. The van der Waals surface area contributed by atoms with Crippen molar-refractivity contribution in [2.24, 2.45) is 7.05 Å². The second-order valence-electron chi connectivity index (χ2n) is 6.30. The van der Waals surface area contributed by atoms with E-state index in [1.807, 2.05) is 6.92 Å². The lowest BCUT2D eigenvalue weighted by Crippen LogP contribution is -2.40. The lowest BCUT2D eigenvalue weighted by molar-refractivity contribution is -0.132. The van der Waals surface area contributed by atoms with E-state index in [1.165, 1.54) is 23.7 Å². The van der Waals surface area contributed by atoms with Crippen LogP contribution in [0.1, 0.15) is 28.4 Å². The highest BCUT2D eigenvalue weighted by Gasteiger charge is 2.30. The van der Waals surface area contributed by atoms with Gasteiger partial charge in [0.2, 0.25) is 0 Å². The number of hydroxylamine groups is 2. The number of aromatic nitrogens is 1. The molecular weight excluding hydrogens is 353 g/mol. The van der Waals surface area contributed by atoms with Crippen molar-refractivity contribution in [3.63, 3.8) is 0 Å². The molecule has 0 spiro atoms. The van der Waals surface area contributed by atoms with Gasteiger partial charge in [0.1, 0.15) is 11.6 Å². The van der Waals surface area contributed by atoms with E-state index in [0.29, 0.717) is 18.4 Å². The fourth-order valence-electron chi connectivity index (χ4n) is 3.06. The average Bonchev–Trinajstić information content (AvgIpc) is 2.66. The fraction of sp³-hybridized carbons (Fsp3) is 0.368. The van der Waals surface area contributed by atoms with E-state index < -0.39 is 11.7 Å². The minimum Gasteiger partial charge on any atom is -0.394 e. The highest BCUT2D eigenvalue weighted by molar-refractivity contribution is 6.01. The average molecular weight is 375 g/mol. The molecule has 1 aliphatic rings. The third kappa shape index (κ3) is 3.72. The molecule has 0 aliphatic carbocycles. The van der Waals surface area contributed by atoms with Gasteiger partial charge in [-0.2, -0.15) is 0 Å². The van der Waals surface area contributed by atoms with Crippen molar-refractivity contribution in [3.8, 4) is 0 Å². The number of benzene rings is 1. The summed E-state index contributed by atoms with van der Waals surface area (Å²) in [5.41, 5.74) is 1.58. The maximum atomic E-state index is 14.4. The van der Waals surface area contributed by atoms with Crippen molar-refractivity contribution in [1.82, 2.24) is 9.63 Å². The Morgan fingerprint density at radius 3 is 2.74 bits per heavy atom. The van der Waals surface area contributed by atoms with Crippen LogP contribution in [0.15, 0.2) is 29.1 Å². The van der Waals surface area contributed by atoms with E-state index in [-0.39, 0.29) is 42.4 Å². The number of anilines is 2. The van der Waals surface area contributed by atoms with Crippen LogP contribution in [0.5, 0.6) is 0 Å². The van der Waals surface area contributed by atoms with Crippen molar-refractivity contribution in [3.05, 3.63) is 57.1 Å². The molecule has 2 N–H and O–H groups in total. The molecule has 2 heterocycles. The smallest absolute Gasteiger partial charge is 0.281 e. The van der Waals surface area contributed by atoms with Crippen LogP contribution in [0, 0.1) is 5.82 Å². The molecule has 0 fully saturated rings. The van der Waals surface area contributed by atoms with Crippen LogP contribution >= 0.6 is 0 Å². The van der Waals surface area contributed by atoms with Gasteiger partial charge in [-0.3, -0.25) is 19.0 Å². The first kappa shape index (κ1) is 19.1. The summed E-state index contributed by atoms with van der Waals surface area (Å²) in [6.07, 6.45) is 1.13. The van der Waals surface area contributed by atoms with Crippen LogP contribution in [-0.2, 0) is 24.7 Å². The number of rotatable bonds is 6. The highest BCUT2D eigenvalue weighted by Crippen LogP contribution is 2.28. The van der Waals surface area contributed by atoms with Crippen LogP contribution in [0.4, 0.5) is 15.9 Å². The van der Waals surface area contributed by atoms with Crippen molar-refractivity contribution < 1.29 is 19.1 Å². The summed E-state index contributed by atoms with van der Waals surface area (Å²) in [6, 6.07) is 6.22. The third-order valence-electron chi connectivity index (χ3n) is 4.58. The topological polar surface area (TPSA) is 83.8 Å². The second-order valence-corrected chi connectivity index (χ2v) is 6.30. The highest BCUT2D eigenvalue weighted by atomic mass is 19.1. The summed E-state index contributed by atoms with van der Waals surface area (Å²) < 4.78 is 15.7. The minimum absolute atomic E-state index is 0.0112. The number of hydrogen-bond donors (Lipinski definition) is 2. The molecule has 8 heteroatoms. The molecule has 0 bridgehead atoms. The van der Waals surface area contributed by atoms with E-state index in [4.69, 9.17) is 9.94 Å². The summed E-state index contributed by atoms with van der Waals surface area (Å²) in [6.45, 7) is 1.98. The van der Waals surface area contributed by atoms with E-state index in [1.54, 1.807) is 12.1 Å². The van der Waals surface area contributed by atoms with Gasteiger partial charge < -0.3 is 10.4 Å². The zero-order valence-electron chi connectivity index (χ0n) is 15.3. The van der Waals surface area contributed by atoms with Crippen LogP contribution in [-0.4, -0.2) is 40.4 Å². The number of aryl methyl sites for hydroxylation is 1. The fourth-order valence-corrected chi connectivity index (χ4v) is 3.06. The van der Waals surface area contributed by atoms with E-state index >= 15 is 0 Å². The molecule has 0 atom stereocenters. The zero-order chi connectivity index (χ0) is 19.6. The van der Waals surface area contributed by atoms with Gasteiger partial charge in [0.25, 0.3) is 11.5 Å². The molecule has 144 valence electrons. The van der Waals surface area contributed by atoms with Crippen molar-refractivity contribution in [2.45, 2.75) is 19.8 Å². The van der Waals surface area contributed by atoms with Gasteiger partial charge in [0.15, 0.2) is 0 Å². The molecule has 0 radical (unpaired) electrons. The Morgan fingerprint density at radius 1 is 1.30 bits per heavy atom. The van der Waals surface area contributed by atoms with Crippen LogP contribution in [0.25, 0.3) is 0 Å². The maximum Gasteiger partial charge on any atom is 0.281 e. The van der Waals surface area contributed by atoms with Crippen LogP contribution in [0.3, 0.4) is 0 Å². The monoisotopic (exact) mass is 375 g/mol. The van der Waals surface area contributed by atoms with Gasteiger partial charge in [0, 0.05) is 13.1 Å². The molecule has 0 unspecified atom stereocenters. The Bertz CT molecular complexity index is 926. The second kappa shape index (κ2) is 7.89. The first-order chi connectivity index (χ1) is 13.0. The van der Waals surface area contributed by atoms with Crippen LogP contribution in [0.2, 0.25) is 0 Å². The number of halogens is 1. The number of carbonyl (C=O) groups is 1. The van der Waals surface area contributed by atoms with Gasteiger partial charge in [-0.1, -0.05) is 13.0 Å². The number of fused-ring (bicyclic) bond motifs is 1. The normalized spacial score (nSPS) is 13.6. The zero-order valence-corrected chi connectivity index (χ0v) is 15.3. The predicted octanol–water partition coefficient (Wildman–Crippen LogP) is 1.75. The van der Waals surface area contributed by atoms with Crippen molar-refractivity contribution in [1.29, 1.82) is 0 Å². The summed E-state index contributed by atoms with van der Waals surface area (Å²) in [5.74, 6) is -0.688. The molecule has 3 rings (SSSR count). The quantitative estimate of drug-likeness (QED) is 0.804. The summed E-state index contributed by atoms with van der Waals surface area (Å²) in [5, 5.41) is 13.0. The minimum atomic E-state index is -0.462. The first-order valence-corrected chi connectivity index (χ1v) is 8.80. The van der Waals surface area contributed by atoms with E-state index in [2.05, 4.69) is 5.32 Å². The molecule has 0 saturated carbocycles.